The van der Waals surface area contributed by atoms with Gasteiger partial charge in [-0.25, -0.2) is 0 Å². The normalized spacial score (nSPS) is 16.2. The van der Waals surface area contributed by atoms with Gasteiger partial charge in [-0.3, -0.25) is 9.69 Å². The topological polar surface area (TPSA) is 61.8 Å². The molecular formula is C20H32N2O3S. The number of thioether (sulfide) groups is 1. The maximum atomic E-state index is 11.6. The third kappa shape index (κ3) is 8.92. The number of benzene rings is 1. The molecule has 1 fully saturated rings. The van der Waals surface area contributed by atoms with E-state index in [0.29, 0.717) is 24.7 Å². The molecule has 146 valence electrons. The maximum Gasteiger partial charge on any atom is 0.229 e. The van der Waals surface area contributed by atoms with Crippen molar-refractivity contribution >= 4 is 17.7 Å². The lowest BCUT2D eigenvalue weighted by molar-refractivity contribution is -0.118. The van der Waals surface area contributed by atoms with Crippen LogP contribution in [0.4, 0.5) is 0 Å². The second-order valence-corrected chi connectivity index (χ2v) is 7.93. The summed E-state index contributed by atoms with van der Waals surface area (Å²) in [6, 6.07) is 8.33. The molecule has 0 bridgehead atoms. The van der Waals surface area contributed by atoms with E-state index >= 15 is 0 Å². The number of likely N-dealkylation sites (tertiary alicyclic amines) is 1. The predicted octanol–water partition coefficient (Wildman–Crippen LogP) is 2.67. The number of carbonyl (C=O) groups excluding carboxylic acids is 1. The van der Waals surface area contributed by atoms with Crippen molar-refractivity contribution in [3.63, 3.8) is 0 Å². The summed E-state index contributed by atoms with van der Waals surface area (Å²) in [6.45, 7) is 6.32. The van der Waals surface area contributed by atoms with Crippen molar-refractivity contribution in [2.24, 2.45) is 0 Å². The molecule has 5 nitrogen and oxygen atoms in total. The molecule has 1 atom stereocenters. The highest BCUT2D eigenvalue weighted by Gasteiger charge is 2.10. The van der Waals surface area contributed by atoms with Gasteiger partial charge < -0.3 is 15.2 Å². The Morgan fingerprint density at radius 1 is 1.35 bits per heavy atom. The summed E-state index contributed by atoms with van der Waals surface area (Å²) >= 11 is 1.45. The Kier molecular flexibility index (Phi) is 9.89. The summed E-state index contributed by atoms with van der Waals surface area (Å²) in [7, 11) is 0. The van der Waals surface area contributed by atoms with E-state index in [4.69, 9.17) is 9.84 Å². The van der Waals surface area contributed by atoms with E-state index < -0.39 is 0 Å². The molecule has 0 saturated carbocycles. The van der Waals surface area contributed by atoms with E-state index in [-0.39, 0.29) is 12.0 Å². The zero-order chi connectivity index (χ0) is 18.6. The van der Waals surface area contributed by atoms with E-state index in [9.17, 15) is 4.79 Å². The molecule has 1 aliphatic rings. The first-order valence-corrected chi connectivity index (χ1v) is 10.8. The molecule has 1 amide bonds. The largest absolute Gasteiger partial charge is 0.494 e. The summed E-state index contributed by atoms with van der Waals surface area (Å²) in [6.07, 6.45) is 4.38. The Morgan fingerprint density at radius 3 is 2.92 bits per heavy atom. The van der Waals surface area contributed by atoms with Crippen molar-refractivity contribution in [3.8, 4) is 5.75 Å². The van der Waals surface area contributed by atoms with Gasteiger partial charge in [0, 0.05) is 18.8 Å². The maximum absolute atomic E-state index is 11.6. The molecule has 0 spiro atoms. The molecule has 1 aliphatic heterocycles. The van der Waals surface area contributed by atoms with Crippen LogP contribution in [-0.4, -0.2) is 59.8 Å². The number of piperidine rings is 1. The molecule has 1 aromatic rings. The summed E-state index contributed by atoms with van der Waals surface area (Å²) in [5, 5.41) is 12.0. The van der Waals surface area contributed by atoms with Crippen molar-refractivity contribution in [2.75, 3.05) is 37.7 Å². The first-order valence-electron chi connectivity index (χ1n) is 9.60. The van der Waals surface area contributed by atoms with Crippen LogP contribution in [0.25, 0.3) is 0 Å². The number of carbonyl (C=O) groups is 1. The van der Waals surface area contributed by atoms with Crippen molar-refractivity contribution < 1.29 is 14.6 Å². The van der Waals surface area contributed by atoms with Crippen LogP contribution in [0.1, 0.15) is 38.2 Å². The monoisotopic (exact) mass is 380 g/mol. The Hall–Kier alpha value is -1.24. The molecule has 6 heteroatoms. The van der Waals surface area contributed by atoms with Crippen molar-refractivity contribution in [2.45, 2.75) is 45.3 Å². The van der Waals surface area contributed by atoms with Gasteiger partial charge in [0.25, 0.3) is 0 Å². The van der Waals surface area contributed by atoms with E-state index in [2.05, 4.69) is 28.4 Å². The highest BCUT2D eigenvalue weighted by molar-refractivity contribution is 7.99. The van der Waals surface area contributed by atoms with Gasteiger partial charge in [0.05, 0.1) is 18.5 Å². The summed E-state index contributed by atoms with van der Waals surface area (Å²) in [5.74, 6) is 1.90. The molecule has 0 aromatic heterocycles. The fourth-order valence-corrected chi connectivity index (χ4v) is 3.72. The van der Waals surface area contributed by atoms with E-state index in [1.165, 1.54) is 49.7 Å². The molecule has 0 radical (unpaired) electrons. The van der Waals surface area contributed by atoms with Crippen molar-refractivity contribution in [1.82, 2.24) is 10.2 Å². The number of nitrogens with zero attached hydrogens (tertiary/aromatic N) is 1. The van der Waals surface area contributed by atoms with E-state index in [0.717, 1.165) is 18.7 Å². The molecule has 1 heterocycles. The zero-order valence-electron chi connectivity index (χ0n) is 15.8. The molecular weight excluding hydrogens is 348 g/mol. The Labute approximate surface area is 161 Å². The minimum absolute atomic E-state index is 0.0131. The number of hydrogen-bond donors (Lipinski definition) is 2. The Morgan fingerprint density at radius 2 is 2.15 bits per heavy atom. The first-order chi connectivity index (χ1) is 12.6. The predicted molar refractivity (Wildman–Crippen MR) is 108 cm³/mol. The van der Waals surface area contributed by atoms with Crippen LogP contribution in [0.3, 0.4) is 0 Å². The minimum Gasteiger partial charge on any atom is -0.494 e. The van der Waals surface area contributed by atoms with Crippen molar-refractivity contribution in [1.29, 1.82) is 0 Å². The number of rotatable bonds is 11. The smallest absolute Gasteiger partial charge is 0.229 e. The van der Waals surface area contributed by atoms with Gasteiger partial charge in [-0.05, 0) is 57.0 Å². The number of hydrogen-bond acceptors (Lipinski definition) is 5. The van der Waals surface area contributed by atoms with Crippen LogP contribution in [0.5, 0.6) is 5.75 Å². The zero-order valence-corrected chi connectivity index (χ0v) is 16.6. The van der Waals surface area contributed by atoms with Gasteiger partial charge in [0.2, 0.25) is 5.91 Å². The van der Waals surface area contributed by atoms with Gasteiger partial charge in [0.1, 0.15) is 5.75 Å². The third-order valence-corrected chi connectivity index (χ3v) is 5.44. The van der Waals surface area contributed by atoms with Gasteiger partial charge in [-0.1, -0.05) is 18.6 Å². The average Bonchev–Trinajstić information content (AvgIpc) is 2.62. The third-order valence-electron chi connectivity index (χ3n) is 4.26. The molecule has 1 aromatic carbocycles. The van der Waals surface area contributed by atoms with E-state index in [1.54, 1.807) is 6.92 Å². The Bertz CT molecular complexity index is 534. The van der Waals surface area contributed by atoms with Gasteiger partial charge >= 0.3 is 0 Å². The highest BCUT2D eigenvalue weighted by atomic mass is 32.2. The van der Waals surface area contributed by atoms with Gasteiger partial charge in [-0.2, -0.15) is 0 Å². The quantitative estimate of drug-likeness (QED) is 0.578. The molecule has 26 heavy (non-hydrogen) atoms. The lowest BCUT2D eigenvalue weighted by Gasteiger charge is -2.26. The fraction of sp³-hybridized carbons (Fsp3) is 0.650. The molecule has 1 saturated heterocycles. The lowest BCUT2D eigenvalue weighted by Crippen LogP contribution is -2.29. The number of amides is 1. The molecule has 1 unspecified atom stereocenters. The second-order valence-electron chi connectivity index (χ2n) is 6.90. The van der Waals surface area contributed by atoms with Crippen LogP contribution >= 0.6 is 11.8 Å². The summed E-state index contributed by atoms with van der Waals surface area (Å²) in [4.78, 5) is 14.1. The number of ether oxygens (including phenoxy) is 1. The van der Waals surface area contributed by atoms with E-state index in [1.807, 2.05) is 6.07 Å². The average molecular weight is 381 g/mol. The van der Waals surface area contributed by atoms with Gasteiger partial charge in [-0.15, -0.1) is 11.8 Å². The second kappa shape index (κ2) is 12.2. The number of nitrogens with one attached hydrogen (secondary N) is 1. The van der Waals surface area contributed by atoms with Crippen LogP contribution in [0, 0.1) is 0 Å². The minimum atomic E-state index is -0.369. The van der Waals surface area contributed by atoms with Crippen LogP contribution < -0.4 is 10.1 Å². The molecule has 2 rings (SSSR count). The fourth-order valence-electron chi connectivity index (χ4n) is 2.97. The molecule has 2 N–H and O–H groups in total. The van der Waals surface area contributed by atoms with Crippen LogP contribution in [0.2, 0.25) is 0 Å². The van der Waals surface area contributed by atoms with Crippen molar-refractivity contribution in [3.05, 3.63) is 29.8 Å². The highest BCUT2D eigenvalue weighted by Crippen LogP contribution is 2.17. The van der Waals surface area contributed by atoms with Crippen LogP contribution in [-0.2, 0) is 11.3 Å². The lowest BCUT2D eigenvalue weighted by atomic mass is 10.1. The summed E-state index contributed by atoms with van der Waals surface area (Å²) < 4.78 is 5.82. The molecule has 0 aliphatic carbocycles. The summed E-state index contributed by atoms with van der Waals surface area (Å²) in [5.41, 5.74) is 1.30. The Balaban J connectivity index is 1.59. The standard InChI is InChI=1S/C20H32N2O3S/c1-17(23)15-26-16-20(24)21-9-6-12-25-19-8-5-7-18(13-19)14-22-10-3-2-4-11-22/h5,7-8,13,17,23H,2-4,6,9-12,14-16H2,1H3,(H,21,24). The SMILES string of the molecule is CC(O)CSCC(=O)NCCCOc1cccc(CN2CCCCC2)c1. The van der Waals surface area contributed by atoms with Crippen LogP contribution in [0.15, 0.2) is 24.3 Å². The van der Waals surface area contributed by atoms with Gasteiger partial charge in [0.15, 0.2) is 0 Å². The number of aliphatic hydroxyl groups is 1. The first kappa shape index (κ1) is 21.1. The number of aliphatic hydroxyl groups excluding tert-OH is 1.